The number of phenolic OH excluding ortho intramolecular Hbond substituents is 1. The highest BCUT2D eigenvalue weighted by Gasteiger charge is 2.24. The van der Waals surface area contributed by atoms with Crippen molar-refractivity contribution < 1.29 is 10.2 Å². The van der Waals surface area contributed by atoms with Gasteiger partial charge in [-0.05, 0) is 36.3 Å². The molecule has 15 heavy (non-hydrogen) atoms. The van der Waals surface area contributed by atoms with Crippen molar-refractivity contribution in [1.82, 2.24) is 0 Å². The van der Waals surface area contributed by atoms with Crippen LogP contribution in [0.2, 0.25) is 0 Å². The van der Waals surface area contributed by atoms with Gasteiger partial charge >= 0.3 is 0 Å². The highest BCUT2D eigenvalue weighted by molar-refractivity contribution is 5.38. The van der Waals surface area contributed by atoms with E-state index in [-0.39, 0.29) is 11.2 Å². The molecule has 2 nitrogen and oxygen atoms in total. The predicted molar refractivity (Wildman–Crippen MR) is 59.9 cm³/mol. The Hall–Kier alpha value is -1.70. The lowest BCUT2D eigenvalue weighted by Crippen LogP contribution is -2.20. The molecule has 78 valence electrons. The van der Waals surface area contributed by atoms with Gasteiger partial charge in [-0.1, -0.05) is 25.1 Å². The van der Waals surface area contributed by atoms with Crippen molar-refractivity contribution in [3.8, 4) is 5.75 Å². The second-order valence-corrected chi connectivity index (χ2v) is 4.13. The molecule has 0 fully saturated rings. The molecule has 0 spiro atoms. The fraction of sp³-hybridized carbons (Fsp3) is 0.231. The van der Waals surface area contributed by atoms with Crippen LogP contribution in [0, 0.1) is 0 Å². The van der Waals surface area contributed by atoms with Crippen molar-refractivity contribution in [2.24, 2.45) is 0 Å². The molecule has 0 amide bonds. The molecule has 1 aliphatic rings. The maximum Gasteiger partial charge on any atom is 0.115 e. The van der Waals surface area contributed by atoms with E-state index in [1.54, 1.807) is 18.2 Å². The normalized spacial score (nSPS) is 25.0. The Kier molecular flexibility index (Phi) is 2.27. The standard InChI is InChI=1S/C13H14O2/c1-13(8-6-12(15)7-9-13)10-2-4-11(14)5-3-10/h2-8,14-15H,9H2,1H3. The topological polar surface area (TPSA) is 40.5 Å². The predicted octanol–water partition coefficient (Wildman–Crippen LogP) is 3.05. The molecule has 0 heterocycles. The van der Waals surface area contributed by atoms with Gasteiger partial charge in [0.05, 0.1) is 0 Å². The first-order chi connectivity index (χ1) is 7.10. The number of rotatable bonds is 1. The number of hydrogen-bond donors (Lipinski definition) is 2. The monoisotopic (exact) mass is 202 g/mol. The van der Waals surface area contributed by atoms with Crippen molar-refractivity contribution in [3.05, 3.63) is 53.8 Å². The Morgan fingerprint density at radius 2 is 1.80 bits per heavy atom. The average molecular weight is 202 g/mol. The van der Waals surface area contributed by atoms with Crippen LogP contribution in [-0.2, 0) is 5.41 Å². The largest absolute Gasteiger partial charge is 0.508 e. The molecule has 0 bridgehead atoms. The number of benzene rings is 1. The van der Waals surface area contributed by atoms with Crippen LogP contribution < -0.4 is 0 Å². The smallest absolute Gasteiger partial charge is 0.115 e. The lowest BCUT2D eigenvalue weighted by atomic mass is 9.77. The Morgan fingerprint density at radius 3 is 2.33 bits per heavy atom. The minimum absolute atomic E-state index is 0.0834. The Labute approximate surface area is 89.2 Å². The summed E-state index contributed by atoms with van der Waals surface area (Å²) in [7, 11) is 0. The summed E-state index contributed by atoms with van der Waals surface area (Å²) in [4.78, 5) is 0. The summed E-state index contributed by atoms with van der Waals surface area (Å²) < 4.78 is 0. The average Bonchev–Trinajstić information content (AvgIpc) is 2.24. The van der Waals surface area contributed by atoms with Crippen molar-refractivity contribution in [3.63, 3.8) is 0 Å². The summed E-state index contributed by atoms with van der Waals surface area (Å²) >= 11 is 0. The van der Waals surface area contributed by atoms with Gasteiger partial charge in [-0.3, -0.25) is 0 Å². The lowest BCUT2D eigenvalue weighted by molar-refractivity contribution is 0.416. The molecule has 1 aliphatic carbocycles. The highest BCUT2D eigenvalue weighted by Crippen LogP contribution is 2.33. The molecule has 1 aromatic carbocycles. The quantitative estimate of drug-likeness (QED) is 0.734. The van der Waals surface area contributed by atoms with Crippen LogP contribution in [0.15, 0.2) is 48.3 Å². The maximum absolute atomic E-state index is 9.27. The van der Waals surface area contributed by atoms with E-state index in [0.29, 0.717) is 5.76 Å². The Morgan fingerprint density at radius 1 is 1.13 bits per heavy atom. The Balaban J connectivity index is 2.32. The van der Waals surface area contributed by atoms with E-state index in [1.165, 1.54) is 0 Å². The van der Waals surface area contributed by atoms with Crippen molar-refractivity contribution >= 4 is 0 Å². The molecule has 2 rings (SSSR count). The minimum Gasteiger partial charge on any atom is -0.508 e. The van der Waals surface area contributed by atoms with Crippen molar-refractivity contribution in [2.75, 3.05) is 0 Å². The van der Waals surface area contributed by atoms with E-state index in [1.807, 2.05) is 24.3 Å². The fourth-order valence-corrected chi connectivity index (χ4v) is 1.78. The van der Waals surface area contributed by atoms with Gasteiger partial charge in [0.15, 0.2) is 0 Å². The maximum atomic E-state index is 9.27. The summed E-state index contributed by atoms with van der Waals surface area (Å²) in [5.41, 5.74) is 1.06. The second kappa shape index (κ2) is 3.46. The first-order valence-electron chi connectivity index (χ1n) is 4.98. The summed E-state index contributed by atoms with van der Waals surface area (Å²) in [5.74, 6) is 0.604. The van der Waals surface area contributed by atoms with Crippen molar-refractivity contribution in [2.45, 2.75) is 18.8 Å². The van der Waals surface area contributed by atoms with Crippen LogP contribution in [0.5, 0.6) is 5.75 Å². The first-order valence-corrected chi connectivity index (χ1v) is 4.98. The van der Waals surface area contributed by atoms with E-state index in [2.05, 4.69) is 6.92 Å². The zero-order valence-corrected chi connectivity index (χ0v) is 8.64. The SMILES string of the molecule is CC1(c2ccc(O)cc2)C=CC(O)=CC1. The molecule has 1 unspecified atom stereocenters. The number of aliphatic hydroxyl groups is 1. The lowest BCUT2D eigenvalue weighted by Gasteiger charge is -2.27. The first kappa shape index (κ1) is 9.84. The van der Waals surface area contributed by atoms with Gasteiger partial charge in [0.2, 0.25) is 0 Å². The molecule has 1 atom stereocenters. The second-order valence-electron chi connectivity index (χ2n) is 4.13. The van der Waals surface area contributed by atoms with Gasteiger partial charge in [0, 0.05) is 5.41 Å². The number of allylic oxidation sites excluding steroid dienone is 3. The zero-order valence-electron chi connectivity index (χ0n) is 8.64. The van der Waals surface area contributed by atoms with Gasteiger partial charge in [-0.2, -0.15) is 0 Å². The fourth-order valence-electron chi connectivity index (χ4n) is 1.78. The van der Waals surface area contributed by atoms with Crippen LogP contribution in [0.3, 0.4) is 0 Å². The van der Waals surface area contributed by atoms with Crippen LogP contribution in [0.25, 0.3) is 0 Å². The molecule has 2 heteroatoms. The molecule has 0 aliphatic heterocycles. The summed E-state index contributed by atoms with van der Waals surface area (Å²) in [6.07, 6.45) is 6.30. The molecule has 0 aromatic heterocycles. The third-order valence-corrected chi connectivity index (χ3v) is 2.88. The van der Waals surface area contributed by atoms with Crippen molar-refractivity contribution in [1.29, 1.82) is 0 Å². The number of aliphatic hydroxyl groups excluding tert-OH is 1. The van der Waals surface area contributed by atoms with E-state index in [4.69, 9.17) is 0 Å². The number of phenols is 1. The van der Waals surface area contributed by atoms with E-state index >= 15 is 0 Å². The van der Waals surface area contributed by atoms with Crippen LogP contribution in [0.4, 0.5) is 0 Å². The molecule has 2 N–H and O–H groups in total. The van der Waals surface area contributed by atoms with Gasteiger partial charge in [0.1, 0.15) is 11.5 Å². The van der Waals surface area contributed by atoms with Crippen LogP contribution in [-0.4, -0.2) is 10.2 Å². The summed E-state index contributed by atoms with van der Waals surface area (Å²) in [6.45, 7) is 2.11. The van der Waals surface area contributed by atoms with E-state index < -0.39 is 0 Å². The summed E-state index contributed by atoms with van der Waals surface area (Å²) in [5, 5.41) is 18.5. The number of aromatic hydroxyl groups is 1. The van der Waals surface area contributed by atoms with Crippen LogP contribution in [0.1, 0.15) is 18.9 Å². The zero-order chi connectivity index (χ0) is 10.9. The van der Waals surface area contributed by atoms with Gasteiger partial charge in [-0.25, -0.2) is 0 Å². The van der Waals surface area contributed by atoms with E-state index in [0.717, 1.165) is 12.0 Å². The minimum atomic E-state index is -0.0834. The van der Waals surface area contributed by atoms with Crippen LogP contribution >= 0.6 is 0 Å². The number of hydrogen-bond acceptors (Lipinski definition) is 2. The third-order valence-electron chi connectivity index (χ3n) is 2.88. The van der Waals surface area contributed by atoms with Gasteiger partial charge < -0.3 is 10.2 Å². The molecule has 0 radical (unpaired) electrons. The summed E-state index contributed by atoms with van der Waals surface area (Å²) in [6, 6.07) is 7.20. The molecule has 0 saturated carbocycles. The molecule has 0 saturated heterocycles. The van der Waals surface area contributed by atoms with Gasteiger partial charge in [-0.15, -0.1) is 0 Å². The molecular weight excluding hydrogens is 188 g/mol. The Bertz CT molecular complexity index is 415. The molecule has 1 aromatic rings. The highest BCUT2D eigenvalue weighted by atomic mass is 16.3. The van der Waals surface area contributed by atoms with E-state index in [9.17, 15) is 10.2 Å². The van der Waals surface area contributed by atoms with Gasteiger partial charge in [0.25, 0.3) is 0 Å². The third kappa shape index (κ3) is 1.89. The molecular formula is C13H14O2.